The number of hydrogen-bond acceptors (Lipinski definition) is 7. The minimum Gasteiger partial charge on any atom is -0.458 e. The SMILES string of the molecule is Cc1nc(S(=O)(=O)N2CCC(C(=O)OC3CN(C(=O)OC(C)(C)C)C3)CC2)cn1C. The molecule has 2 aliphatic heterocycles. The zero-order valence-corrected chi connectivity index (χ0v) is 18.9. The third kappa shape index (κ3) is 4.94. The molecular weight excluding hydrogens is 412 g/mol. The second kappa shape index (κ2) is 8.18. The number of aryl methyl sites for hydroxylation is 2. The van der Waals surface area contributed by atoms with E-state index in [1.807, 2.05) is 0 Å². The van der Waals surface area contributed by atoms with Crippen molar-refractivity contribution < 1.29 is 27.5 Å². The summed E-state index contributed by atoms with van der Waals surface area (Å²) in [4.78, 5) is 30.0. The van der Waals surface area contributed by atoms with Gasteiger partial charge < -0.3 is 18.9 Å². The van der Waals surface area contributed by atoms with E-state index in [2.05, 4.69) is 4.98 Å². The van der Waals surface area contributed by atoms with E-state index < -0.39 is 21.7 Å². The zero-order valence-electron chi connectivity index (χ0n) is 18.1. The van der Waals surface area contributed by atoms with Crippen molar-refractivity contribution in [2.75, 3.05) is 26.2 Å². The van der Waals surface area contributed by atoms with Gasteiger partial charge in [-0.15, -0.1) is 0 Å². The molecule has 0 aliphatic carbocycles. The molecule has 0 spiro atoms. The number of sulfonamides is 1. The maximum absolute atomic E-state index is 12.7. The fourth-order valence-electron chi connectivity index (χ4n) is 3.36. The molecule has 168 valence electrons. The number of esters is 1. The van der Waals surface area contributed by atoms with Crippen LogP contribution in [0.1, 0.15) is 39.4 Å². The molecule has 2 aliphatic rings. The Balaban J connectivity index is 1.45. The summed E-state index contributed by atoms with van der Waals surface area (Å²) in [5.74, 6) is -0.0694. The highest BCUT2D eigenvalue weighted by molar-refractivity contribution is 7.89. The van der Waals surface area contributed by atoms with Crippen LogP contribution in [0.15, 0.2) is 11.2 Å². The highest BCUT2D eigenvalue weighted by atomic mass is 32.2. The number of ether oxygens (including phenoxy) is 2. The first kappa shape index (κ1) is 22.5. The smallest absolute Gasteiger partial charge is 0.410 e. The van der Waals surface area contributed by atoms with Crippen molar-refractivity contribution in [2.45, 2.75) is 57.3 Å². The van der Waals surface area contributed by atoms with E-state index in [9.17, 15) is 18.0 Å². The van der Waals surface area contributed by atoms with Gasteiger partial charge in [0.15, 0.2) is 5.03 Å². The minimum absolute atomic E-state index is 0.0280. The largest absolute Gasteiger partial charge is 0.458 e. The number of likely N-dealkylation sites (tertiary alicyclic amines) is 1. The average Bonchev–Trinajstić information content (AvgIpc) is 2.95. The van der Waals surface area contributed by atoms with Gasteiger partial charge in [-0.05, 0) is 40.5 Å². The molecule has 11 heteroatoms. The van der Waals surface area contributed by atoms with Gasteiger partial charge in [0.1, 0.15) is 17.5 Å². The molecule has 0 bridgehead atoms. The van der Waals surface area contributed by atoms with E-state index in [-0.39, 0.29) is 36.1 Å². The summed E-state index contributed by atoms with van der Waals surface area (Å²) in [5.41, 5.74) is -0.568. The Bertz CT molecular complexity index is 886. The maximum Gasteiger partial charge on any atom is 0.410 e. The molecule has 2 saturated heterocycles. The van der Waals surface area contributed by atoms with Crippen LogP contribution in [-0.2, 0) is 31.3 Å². The molecule has 3 rings (SSSR count). The van der Waals surface area contributed by atoms with Crippen molar-refractivity contribution in [3.8, 4) is 0 Å². The van der Waals surface area contributed by atoms with Crippen molar-refractivity contribution >= 4 is 22.1 Å². The molecule has 10 nitrogen and oxygen atoms in total. The first-order valence-electron chi connectivity index (χ1n) is 10.1. The molecule has 3 heterocycles. The molecule has 0 unspecified atom stereocenters. The summed E-state index contributed by atoms with van der Waals surface area (Å²) in [7, 11) is -1.93. The number of hydrogen-bond donors (Lipinski definition) is 0. The van der Waals surface area contributed by atoms with Crippen LogP contribution >= 0.6 is 0 Å². The van der Waals surface area contributed by atoms with E-state index in [0.29, 0.717) is 31.8 Å². The van der Waals surface area contributed by atoms with Crippen LogP contribution < -0.4 is 0 Å². The lowest BCUT2D eigenvalue weighted by atomic mass is 9.98. The van der Waals surface area contributed by atoms with Crippen molar-refractivity contribution in [3.63, 3.8) is 0 Å². The van der Waals surface area contributed by atoms with Gasteiger partial charge in [-0.25, -0.2) is 18.2 Å². The first-order chi connectivity index (χ1) is 13.9. The van der Waals surface area contributed by atoms with Crippen molar-refractivity contribution in [1.29, 1.82) is 0 Å². The molecule has 2 fully saturated rings. The maximum atomic E-state index is 12.7. The zero-order chi connectivity index (χ0) is 22.3. The fraction of sp³-hybridized carbons (Fsp3) is 0.737. The van der Waals surface area contributed by atoms with Gasteiger partial charge >= 0.3 is 12.1 Å². The summed E-state index contributed by atoms with van der Waals surface area (Å²) < 4.78 is 39.3. The molecule has 1 aromatic heterocycles. The number of piperidine rings is 1. The first-order valence-corrected chi connectivity index (χ1v) is 11.5. The van der Waals surface area contributed by atoms with E-state index in [1.165, 1.54) is 15.4 Å². The number of carbonyl (C=O) groups excluding carboxylic acids is 2. The van der Waals surface area contributed by atoms with E-state index >= 15 is 0 Å². The molecule has 1 aromatic rings. The number of carbonyl (C=O) groups is 2. The lowest BCUT2D eigenvalue weighted by Crippen LogP contribution is -2.57. The summed E-state index contributed by atoms with van der Waals surface area (Å²) >= 11 is 0. The highest BCUT2D eigenvalue weighted by Crippen LogP contribution is 2.26. The standard InChI is InChI=1S/C19H30N4O6S/c1-13-20-16(12-21(13)5)30(26,27)23-8-6-14(7-9-23)17(24)28-15-10-22(11-15)18(25)29-19(2,3)4/h12,14-15H,6-11H2,1-5H3. The van der Waals surface area contributed by atoms with Gasteiger partial charge in [-0.3, -0.25) is 4.79 Å². The van der Waals surface area contributed by atoms with Gasteiger partial charge in [0.25, 0.3) is 10.0 Å². The van der Waals surface area contributed by atoms with Crippen molar-refractivity contribution in [1.82, 2.24) is 18.8 Å². The average molecular weight is 443 g/mol. The highest BCUT2D eigenvalue weighted by Gasteiger charge is 2.39. The van der Waals surface area contributed by atoms with E-state index in [1.54, 1.807) is 39.3 Å². The number of rotatable bonds is 4. The van der Waals surface area contributed by atoms with Gasteiger partial charge in [-0.1, -0.05) is 0 Å². The number of aromatic nitrogens is 2. The van der Waals surface area contributed by atoms with Crippen LogP contribution in [0, 0.1) is 12.8 Å². The van der Waals surface area contributed by atoms with Gasteiger partial charge in [0.05, 0.1) is 19.0 Å². The second-order valence-corrected chi connectivity index (χ2v) is 10.7. The predicted octanol–water partition coefficient (Wildman–Crippen LogP) is 1.29. The summed E-state index contributed by atoms with van der Waals surface area (Å²) in [6.45, 7) is 8.24. The van der Waals surface area contributed by atoms with Crippen LogP contribution in [0.3, 0.4) is 0 Å². The Morgan fingerprint density at radius 1 is 1.17 bits per heavy atom. The van der Waals surface area contributed by atoms with Crippen molar-refractivity contribution in [2.24, 2.45) is 13.0 Å². The van der Waals surface area contributed by atoms with E-state index in [0.717, 1.165) is 0 Å². The second-order valence-electron chi connectivity index (χ2n) is 8.86. The Kier molecular flexibility index (Phi) is 6.15. The minimum atomic E-state index is -3.67. The van der Waals surface area contributed by atoms with Gasteiger partial charge in [0, 0.05) is 26.3 Å². The Morgan fingerprint density at radius 3 is 2.27 bits per heavy atom. The Morgan fingerprint density at radius 2 is 1.77 bits per heavy atom. The molecule has 0 N–H and O–H groups in total. The molecule has 0 aromatic carbocycles. The normalized spacial score (nSPS) is 19.4. The number of amides is 1. The fourth-order valence-corrected chi connectivity index (χ4v) is 4.86. The number of imidazole rings is 1. The quantitative estimate of drug-likeness (QED) is 0.646. The molecule has 0 radical (unpaired) electrons. The van der Waals surface area contributed by atoms with Crippen LogP contribution in [-0.4, -0.2) is 77.1 Å². The third-order valence-corrected chi connectivity index (χ3v) is 7.03. The topological polar surface area (TPSA) is 111 Å². The van der Waals surface area contributed by atoms with Crippen LogP contribution in [0.5, 0.6) is 0 Å². The monoisotopic (exact) mass is 442 g/mol. The summed E-state index contributed by atoms with van der Waals surface area (Å²) in [5, 5.41) is 0.0280. The Labute approximate surface area is 177 Å². The molecule has 0 atom stereocenters. The lowest BCUT2D eigenvalue weighted by Gasteiger charge is -2.39. The Hall–Kier alpha value is -2.14. The third-order valence-electron chi connectivity index (χ3n) is 5.26. The summed E-state index contributed by atoms with van der Waals surface area (Å²) in [6, 6.07) is 0. The van der Waals surface area contributed by atoms with Crippen molar-refractivity contribution in [3.05, 3.63) is 12.0 Å². The van der Waals surface area contributed by atoms with Gasteiger partial charge in [-0.2, -0.15) is 4.31 Å². The molecule has 1 amide bonds. The molecule has 0 saturated carbocycles. The lowest BCUT2D eigenvalue weighted by molar-refractivity contribution is -0.163. The molecule has 30 heavy (non-hydrogen) atoms. The van der Waals surface area contributed by atoms with E-state index in [4.69, 9.17) is 9.47 Å². The number of nitrogens with zero attached hydrogens (tertiary/aromatic N) is 4. The predicted molar refractivity (Wildman–Crippen MR) is 107 cm³/mol. The van der Waals surface area contributed by atoms with Crippen LogP contribution in [0.2, 0.25) is 0 Å². The van der Waals surface area contributed by atoms with Crippen LogP contribution in [0.4, 0.5) is 4.79 Å². The van der Waals surface area contributed by atoms with Crippen LogP contribution in [0.25, 0.3) is 0 Å². The molecular formula is C19H30N4O6S. The summed E-state index contributed by atoms with van der Waals surface area (Å²) in [6.07, 6.45) is 1.53. The van der Waals surface area contributed by atoms with Gasteiger partial charge in [0.2, 0.25) is 0 Å².